The highest BCUT2D eigenvalue weighted by Gasteiger charge is 2.21. The van der Waals surface area contributed by atoms with Crippen LogP contribution in [-0.2, 0) is 4.74 Å². The van der Waals surface area contributed by atoms with Gasteiger partial charge in [0.2, 0.25) is 0 Å². The summed E-state index contributed by atoms with van der Waals surface area (Å²) in [5, 5.41) is 6.76. The summed E-state index contributed by atoms with van der Waals surface area (Å²) in [6.45, 7) is 10.3. The lowest BCUT2D eigenvalue weighted by Gasteiger charge is -2.31. The molecule has 2 aliphatic heterocycles. The summed E-state index contributed by atoms with van der Waals surface area (Å²) in [6.07, 6.45) is 5.01. The smallest absolute Gasteiger partial charge is 0.318 e. The Balaban J connectivity index is 1.25. The zero-order valence-electron chi connectivity index (χ0n) is 22.3. The van der Waals surface area contributed by atoms with Crippen LogP contribution in [0.1, 0.15) is 31.7 Å². The average Bonchev–Trinajstić information content (AvgIpc) is 2.92. The van der Waals surface area contributed by atoms with E-state index in [1.807, 2.05) is 37.3 Å². The van der Waals surface area contributed by atoms with Crippen molar-refractivity contribution in [3.05, 3.63) is 60.0 Å². The number of likely N-dealkylation sites (tertiary alicyclic amines) is 1. The highest BCUT2D eigenvalue weighted by Crippen LogP contribution is 2.29. The van der Waals surface area contributed by atoms with E-state index in [0.717, 1.165) is 68.2 Å². The quantitative estimate of drug-likeness (QED) is 0.383. The third-order valence-electron chi connectivity index (χ3n) is 7.03. The molecule has 2 aliphatic rings. The lowest BCUT2D eigenvalue weighted by molar-refractivity contribution is 0.0930. The number of morpholine rings is 1. The van der Waals surface area contributed by atoms with Gasteiger partial charge in [0.1, 0.15) is 17.7 Å². The van der Waals surface area contributed by atoms with Gasteiger partial charge in [0.15, 0.2) is 0 Å². The minimum Gasteiger partial charge on any atom is -0.460 e. The van der Waals surface area contributed by atoms with E-state index in [4.69, 9.17) is 9.47 Å². The minimum absolute atomic E-state index is 0.140. The van der Waals surface area contributed by atoms with Gasteiger partial charge in [-0.2, -0.15) is 4.98 Å². The highest BCUT2D eigenvalue weighted by atomic mass is 19.1. The molecule has 0 unspecified atom stereocenters. The summed E-state index contributed by atoms with van der Waals surface area (Å²) in [5.74, 6) is 0.394. The molecule has 2 saturated heterocycles. The van der Waals surface area contributed by atoms with Crippen molar-refractivity contribution >= 4 is 28.6 Å². The number of hydrogen-bond donors (Lipinski definition) is 2. The highest BCUT2D eigenvalue weighted by molar-refractivity contribution is 5.71. The first kappa shape index (κ1) is 26.2. The molecule has 38 heavy (non-hydrogen) atoms. The van der Waals surface area contributed by atoms with Crippen LogP contribution in [-0.4, -0.2) is 66.9 Å². The molecule has 0 bridgehead atoms. The van der Waals surface area contributed by atoms with E-state index in [2.05, 4.69) is 37.3 Å². The van der Waals surface area contributed by atoms with E-state index in [-0.39, 0.29) is 11.9 Å². The predicted octanol–water partition coefficient (Wildman–Crippen LogP) is 5.50. The van der Waals surface area contributed by atoms with E-state index >= 15 is 0 Å². The number of nitrogens with zero attached hydrogens (tertiary/aromatic N) is 4. The average molecular weight is 521 g/mol. The van der Waals surface area contributed by atoms with Crippen molar-refractivity contribution in [1.29, 1.82) is 0 Å². The second-order valence-corrected chi connectivity index (χ2v) is 9.96. The van der Waals surface area contributed by atoms with Crippen molar-refractivity contribution in [2.24, 2.45) is 0 Å². The number of halogens is 1. The molecule has 0 saturated carbocycles. The Morgan fingerprint density at radius 2 is 1.82 bits per heavy atom. The summed E-state index contributed by atoms with van der Waals surface area (Å²) in [4.78, 5) is 13.6. The zero-order valence-corrected chi connectivity index (χ0v) is 22.3. The predicted molar refractivity (Wildman–Crippen MR) is 150 cm³/mol. The monoisotopic (exact) mass is 520 g/mol. The van der Waals surface area contributed by atoms with Gasteiger partial charge in [0.25, 0.3) is 0 Å². The van der Waals surface area contributed by atoms with Gasteiger partial charge >= 0.3 is 6.01 Å². The number of hydrogen-bond acceptors (Lipinski definition) is 8. The molecule has 0 spiro atoms. The zero-order chi connectivity index (χ0) is 26.3. The first-order valence-electron chi connectivity index (χ1n) is 13.6. The van der Waals surface area contributed by atoms with E-state index in [9.17, 15) is 4.39 Å². The number of benzene rings is 2. The van der Waals surface area contributed by atoms with E-state index < -0.39 is 0 Å². The summed E-state index contributed by atoms with van der Waals surface area (Å²) in [5.41, 5.74) is 4.36. The largest absolute Gasteiger partial charge is 0.460 e. The van der Waals surface area contributed by atoms with Crippen LogP contribution in [0.4, 0.5) is 33.0 Å². The standard InChI is InChI=1S/C29H37FN6O2/c1-3-10-35-11-7-26(8-12-35)38-29-31-9-6-28(34-29)33-27-20-23(5-4-21(27)2)32-24-17-22(30)18-25(19-24)36-13-15-37-16-14-36/h4-6,9,17-20,26,32H,3,7-8,10-16H2,1-2H3,(H,31,33,34). The van der Waals surface area contributed by atoms with Gasteiger partial charge in [-0.15, -0.1) is 0 Å². The van der Waals surface area contributed by atoms with Crippen molar-refractivity contribution in [2.75, 3.05) is 61.5 Å². The minimum atomic E-state index is -0.272. The Labute approximate surface area is 224 Å². The Hall–Kier alpha value is -3.43. The second kappa shape index (κ2) is 12.4. The van der Waals surface area contributed by atoms with Crippen molar-refractivity contribution in [3.63, 3.8) is 0 Å². The molecule has 9 heteroatoms. The molecular formula is C29H37FN6O2. The lowest BCUT2D eigenvalue weighted by Crippen LogP contribution is -2.38. The van der Waals surface area contributed by atoms with Gasteiger partial charge in [-0.3, -0.25) is 0 Å². The Morgan fingerprint density at radius 3 is 2.61 bits per heavy atom. The maximum absolute atomic E-state index is 14.4. The fraction of sp³-hybridized carbons (Fsp3) is 0.448. The Morgan fingerprint density at radius 1 is 1.00 bits per heavy atom. The van der Waals surface area contributed by atoms with Gasteiger partial charge in [0.05, 0.1) is 13.2 Å². The van der Waals surface area contributed by atoms with Gasteiger partial charge < -0.3 is 29.9 Å². The molecule has 0 amide bonds. The fourth-order valence-electron chi connectivity index (χ4n) is 4.97. The molecule has 2 aromatic carbocycles. The third-order valence-corrected chi connectivity index (χ3v) is 7.03. The molecule has 3 heterocycles. The molecule has 2 fully saturated rings. The maximum atomic E-state index is 14.4. The molecular weight excluding hydrogens is 483 g/mol. The molecule has 8 nitrogen and oxygen atoms in total. The van der Waals surface area contributed by atoms with Crippen LogP contribution in [0.3, 0.4) is 0 Å². The summed E-state index contributed by atoms with van der Waals surface area (Å²) >= 11 is 0. The van der Waals surface area contributed by atoms with Crippen LogP contribution < -0.4 is 20.3 Å². The molecule has 5 rings (SSSR count). The second-order valence-electron chi connectivity index (χ2n) is 9.96. The van der Waals surface area contributed by atoms with Gasteiger partial charge in [0, 0.05) is 55.1 Å². The summed E-state index contributed by atoms with van der Waals surface area (Å²) in [7, 11) is 0. The number of aryl methyl sites for hydroxylation is 1. The molecule has 3 aromatic rings. The molecule has 0 aliphatic carbocycles. The Bertz CT molecular complexity index is 1210. The number of anilines is 5. The number of ether oxygens (including phenoxy) is 2. The maximum Gasteiger partial charge on any atom is 0.318 e. The SMILES string of the molecule is CCCN1CCC(Oc2nccc(Nc3cc(Nc4cc(F)cc(N5CCOCC5)c4)ccc3C)n2)CC1. The van der Waals surface area contributed by atoms with Crippen molar-refractivity contribution in [1.82, 2.24) is 14.9 Å². The molecule has 0 radical (unpaired) electrons. The molecule has 2 N–H and O–H groups in total. The van der Waals surface area contributed by atoms with Crippen LogP contribution in [0, 0.1) is 12.7 Å². The van der Waals surface area contributed by atoms with Gasteiger partial charge in [-0.25, -0.2) is 9.37 Å². The normalized spacial score (nSPS) is 16.9. The van der Waals surface area contributed by atoms with Gasteiger partial charge in [-0.05, 0) is 74.7 Å². The van der Waals surface area contributed by atoms with Crippen LogP contribution in [0.2, 0.25) is 0 Å². The first-order valence-corrected chi connectivity index (χ1v) is 13.6. The topological polar surface area (TPSA) is 74.8 Å². The first-order chi connectivity index (χ1) is 18.6. The molecule has 0 atom stereocenters. The molecule has 1 aromatic heterocycles. The summed E-state index contributed by atoms with van der Waals surface area (Å²) in [6, 6.07) is 13.3. The third kappa shape index (κ3) is 6.90. The number of aromatic nitrogens is 2. The van der Waals surface area contributed by atoms with Crippen LogP contribution in [0.5, 0.6) is 6.01 Å². The molecule has 202 valence electrons. The number of rotatable bonds is 9. The van der Waals surface area contributed by atoms with E-state index in [1.165, 1.54) is 12.5 Å². The van der Waals surface area contributed by atoms with Crippen LogP contribution in [0.15, 0.2) is 48.7 Å². The summed E-state index contributed by atoms with van der Waals surface area (Å²) < 4.78 is 26.0. The number of piperidine rings is 1. The van der Waals surface area contributed by atoms with E-state index in [1.54, 1.807) is 12.3 Å². The Kier molecular flexibility index (Phi) is 8.55. The van der Waals surface area contributed by atoms with Crippen molar-refractivity contribution in [2.45, 2.75) is 39.2 Å². The van der Waals surface area contributed by atoms with Crippen molar-refractivity contribution in [3.8, 4) is 6.01 Å². The van der Waals surface area contributed by atoms with Crippen molar-refractivity contribution < 1.29 is 13.9 Å². The lowest BCUT2D eigenvalue weighted by atomic mass is 10.1. The van der Waals surface area contributed by atoms with Gasteiger partial charge in [-0.1, -0.05) is 13.0 Å². The van der Waals surface area contributed by atoms with Crippen LogP contribution in [0.25, 0.3) is 0 Å². The van der Waals surface area contributed by atoms with Crippen LogP contribution >= 0.6 is 0 Å². The van der Waals surface area contributed by atoms with E-state index in [0.29, 0.717) is 30.7 Å². The number of nitrogens with one attached hydrogen (secondary N) is 2. The fourth-order valence-corrected chi connectivity index (χ4v) is 4.97.